The van der Waals surface area contributed by atoms with Crippen LogP contribution in [0.1, 0.15) is 13.8 Å². The van der Waals surface area contributed by atoms with E-state index in [-0.39, 0.29) is 0 Å². The van der Waals surface area contributed by atoms with Gasteiger partial charge in [0.25, 0.3) is 0 Å². The third-order valence-electron chi connectivity index (χ3n) is 1.85. The Kier molecular flexibility index (Phi) is 3.18. The highest BCUT2D eigenvalue weighted by Gasteiger charge is 2.38. The van der Waals surface area contributed by atoms with Crippen molar-refractivity contribution in [3.63, 3.8) is 0 Å². The maximum absolute atomic E-state index is 11.7. The summed E-state index contributed by atoms with van der Waals surface area (Å²) in [4.78, 5) is 1.96. The lowest BCUT2D eigenvalue weighted by Crippen LogP contribution is -2.54. The van der Waals surface area contributed by atoms with Gasteiger partial charge in [-0.1, -0.05) is 13.8 Å². The molecule has 1 aliphatic heterocycles. The molecule has 1 heterocycles. The molecular formula is C8H14F3NO. The number of likely N-dealkylation sites (tertiary alicyclic amines) is 1. The van der Waals surface area contributed by atoms with E-state index in [1.807, 2.05) is 18.7 Å². The van der Waals surface area contributed by atoms with Crippen LogP contribution in [0.5, 0.6) is 0 Å². The van der Waals surface area contributed by atoms with Gasteiger partial charge in [-0.05, 0) is 5.92 Å². The molecule has 1 fully saturated rings. The van der Waals surface area contributed by atoms with E-state index in [2.05, 4.69) is 4.74 Å². The fraction of sp³-hybridized carbons (Fsp3) is 1.00. The first-order valence-corrected chi connectivity index (χ1v) is 4.33. The zero-order valence-electron chi connectivity index (χ0n) is 7.77. The summed E-state index contributed by atoms with van der Waals surface area (Å²) in [7, 11) is 0. The van der Waals surface area contributed by atoms with Crippen molar-refractivity contribution >= 4 is 0 Å². The number of ether oxygens (including phenoxy) is 1. The second kappa shape index (κ2) is 3.84. The van der Waals surface area contributed by atoms with Crippen molar-refractivity contribution in [1.29, 1.82) is 0 Å². The van der Waals surface area contributed by atoms with Crippen LogP contribution in [-0.2, 0) is 4.74 Å². The van der Waals surface area contributed by atoms with Gasteiger partial charge in [-0.2, -0.15) is 0 Å². The van der Waals surface area contributed by atoms with E-state index >= 15 is 0 Å². The number of hydrogen-bond acceptors (Lipinski definition) is 2. The summed E-state index contributed by atoms with van der Waals surface area (Å²) in [5.41, 5.74) is 0. The molecule has 0 atom stereocenters. The Morgan fingerprint density at radius 3 is 2.31 bits per heavy atom. The predicted molar refractivity (Wildman–Crippen MR) is 42.2 cm³/mol. The standard InChI is InChI=1S/C8H14F3NO/c1-6(2)3-12-4-7(5-12)13-8(9,10)11/h6-7H,3-5H2,1-2H3. The van der Waals surface area contributed by atoms with E-state index in [1.165, 1.54) is 0 Å². The van der Waals surface area contributed by atoms with Gasteiger partial charge in [0.15, 0.2) is 0 Å². The van der Waals surface area contributed by atoms with Crippen molar-refractivity contribution in [3.8, 4) is 0 Å². The molecule has 0 unspecified atom stereocenters. The van der Waals surface area contributed by atoms with Gasteiger partial charge in [0.05, 0.1) is 6.10 Å². The first-order chi connectivity index (χ1) is 5.87. The maximum atomic E-state index is 11.7. The highest BCUT2D eigenvalue weighted by molar-refractivity contribution is 4.81. The molecule has 1 saturated heterocycles. The molecule has 0 spiro atoms. The van der Waals surface area contributed by atoms with Gasteiger partial charge < -0.3 is 0 Å². The van der Waals surface area contributed by atoms with Crippen molar-refractivity contribution in [3.05, 3.63) is 0 Å². The molecule has 0 radical (unpaired) electrons. The summed E-state index contributed by atoms with van der Waals surface area (Å²) in [5.74, 6) is 0.492. The first-order valence-electron chi connectivity index (χ1n) is 4.33. The van der Waals surface area contributed by atoms with Crippen molar-refractivity contribution in [2.24, 2.45) is 5.92 Å². The molecule has 2 nitrogen and oxygen atoms in total. The smallest absolute Gasteiger partial charge is 0.298 e. The molecule has 0 amide bonds. The van der Waals surface area contributed by atoms with Crippen LogP contribution in [0.3, 0.4) is 0 Å². The van der Waals surface area contributed by atoms with E-state index in [9.17, 15) is 13.2 Å². The van der Waals surface area contributed by atoms with E-state index in [1.54, 1.807) is 0 Å². The van der Waals surface area contributed by atoms with Gasteiger partial charge >= 0.3 is 6.36 Å². The van der Waals surface area contributed by atoms with Crippen LogP contribution < -0.4 is 0 Å². The average Bonchev–Trinajstić information content (AvgIpc) is 1.78. The monoisotopic (exact) mass is 197 g/mol. The number of nitrogens with zero attached hydrogens (tertiary/aromatic N) is 1. The Bertz CT molecular complexity index is 163. The number of alkyl halides is 3. The lowest BCUT2D eigenvalue weighted by Gasteiger charge is -2.39. The second-order valence-electron chi connectivity index (χ2n) is 3.80. The van der Waals surface area contributed by atoms with E-state index in [0.29, 0.717) is 19.0 Å². The highest BCUT2D eigenvalue weighted by atomic mass is 19.4. The van der Waals surface area contributed by atoms with Crippen LogP contribution in [0.25, 0.3) is 0 Å². The molecule has 0 bridgehead atoms. The molecule has 0 aromatic rings. The number of halogens is 3. The van der Waals surface area contributed by atoms with Gasteiger partial charge in [-0.15, -0.1) is 13.2 Å². The molecule has 1 aliphatic rings. The summed E-state index contributed by atoms with van der Waals surface area (Å²) in [6.07, 6.45) is -5.13. The lowest BCUT2D eigenvalue weighted by molar-refractivity contribution is -0.354. The van der Waals surface area contributed by atoms with Crippen molar-refractivity contribution in [2.45, 2.75) is 26.3 Å². The van der Waals surface area contributed by atoms with E-state index in [0.717, 1.165) is 6.54 Å². The molecule has 0 saturated carbocycles. The largest absolute Gasteiger partial charge is 0.522 e. The molecule has 13 heavy (non-hydrogen) atoms. The molecule has 5 heteroatoms. The molecular weight excluding hydrogens is 183 g/mol. The molecule has 1 rings (SSSR count). The van der Waals surface area contributed by atoms with Gasteiger partial charge in [-0.25, -0.2) is 0 Å². The van der Waals surface area contributed by atoms with Crippen LogP contribution in [0.4, 0.5) is 13.2 Å². The Morgan fingerprint density at radius 1 is 1.38 bits per heavy atom. The SMILES string of the molecule is CC(C)CN1CC(OC(F)(F)F)C1. The van der Waals surface area contributed by atoms with Crippen molar-refractivity contribution in [1.82, 2.24) is 4.90 Å². The molecule has 0 aromatic carbocycles. The zero-order valence-corrected chi connectivity index (χ0v) is 7.77. The molecule has 78 valence electrons. The normalized spacial score (nSPS) is 20.8. The maximum Gasteiger partial charge on any atom is 0.522 e. The third kappa shape index (κ3) is 3.95. The Hall–Kier alpha value is -0.290. The van der Waals surface area contributed by atoms with Crippen LogP contribution in [0.2, 0.25) is 0 Å². The van der Waals surface area contributed by atoms with Crippen LogP contribution in [-0.4, -0.2) is 37.0 Å². The Labute approximate surface area is 75.7 Å². The van der Waals surface area contributed by atoms with Crippen LogP contribution in [0, 0.1) is 5.92 Å². The minimum atomic E-state index is -4.48. The number of hydrogen-bond donors (Lipinski definition) is 0. The van der Waals surface area contributed by atoms with Crippen LogP contribution in [0.15, 0.2) is 0 Å². The van der Waals surface area contributed by atoms with Gasteiger partial charge in [0, 0.05) is 19.6 Å². The Morgan fingerprint density at radius 2 is 1.92 bits per heavy atom. The third-order valence-corrected chi connectivity index (χ3v) is 1.85. The van der Waals surface area contributed by atoms with Gasteiger partial charge in [0.2, 0.25) is 0 Å². The fourth-order valence-corrected chi connectivity index (χ4v) is 1.45. The highest BCUT2D eigenvalue weighted by Crippen LogP contribution is 2.23. The first kappa shape index (κ1) is 10.8. The molecule has 0 N–H and O–H groups in total. The topological polar surface area (TPSA) is 12.5 Å². The van der Waals surface area contributed by atoms with E-state index in [4.69, 9.17) is 0 Å². The zero-order chi connectivity index (χ0) is 10.1. The second-order valence-corrected chi connectivity index (χ2v) is 3.80. The minimum absolute atomic E-state index is 0.400. The summed E-state index contributed by atoms with van der Waals surface area (Å²) >= 11 is 0. The lowest BCUT2D eigenvalue weighted by atomic mass is 10.1. The quantitative estimate of drug-likeness (QED) is 0.684. The molecule has 0 aromatic heterocycles. The fourth-order valence-electron chi connectivity index (χ4n) is 1.45. The van der Waals surface area contributed by atoms with Crippen molar-refractivity contribution < 1.29 is 17.9 Å². The van der Waals surface area contributed by atoms with Gasteiger partial charge in [-0.3, -0.25) is 9.64 Å². The van der Waals surface area contributed by atoms with E-state index < -0.39 is 12.5 Å². The predicted octanol–water partition coefficient (Wildman–Crippen LogP) is 1.86. The molecule has 0 aliphatic carbocycles. The summed E-state index contributed by atoms with van der Waals surface area (Å²) in [6.45, 7) is 5.73. The summed E-state index contributed by atoms with van der Waals surface area (Å²) in [6, 6.07) is 0. The van der Waals surface area contributed by atoms with Crippen molar-refractivity contribution in [2.75, 3.05) is 19.6 Å². The minimum Gasteiger partial charge on any atom is -0.298 e. The average molecular weight is 197 g/mol. The number of rotatable bonds is 3. The van der Waals surface area contributed by atoms with Gasteiger partial charge in [0.1, 0.15) is 0 Å². The van der Waals surface area contributed by atoms with Crippen LogP contribution >= 0.6 is 0 Å². The summed E-state index contributed by atoms with van der Waals surface area (Å²) < 4.78 is 38.9. The summed E-state index contributed by atoms with van der Waals surface area (Å²) in [5, 5.41) is 0. The Balaban J connectivity index is 2.12.